The van der Waals surface area contributed by atoms with E-state index in [1.54, 1.807) is 0 Å². The highest BCUT2D eigenvalue weighted by molar-refractivity contribution is 6.22. The first-order valence-corrected chi connectivity index (χ1v) is 9.20. The van der Waals surface area contributed by atoms with Crippen LogP contribution >= 0.6 is 0 Å². The van der Waals surface area contributed by atoms with Crippen LogP contribution < -0.4 is 0 Å². The molecule has 1 saturated carbocycles. The molecule has 25 heavy (non-hydrogen) atoms. The van der Waals surface area contributed by atoms with Crippen LogP contribution in [0.15, 0.2) is 17.3 Å². The fourth-order valence-corrected chi connectivity index (χ4v) is 4.03. The van der Waals surface area contributed by atoms with Crippen LogP contribution in [0.4, 0.5) is 0 Å². The van der Waals surface area contributed by atoms with Gasteiger partial charge in [0.25, 0.3) is 0 Å². The highest BCUT2D eigenvalue weighted by Gasteiger charge is 2.39. The number of Topliss-reactive ketones (excluding diaryl/α,β-unsaturated/α-hetero) is 2. The minimum absolute atomic E-state index is 0.0208. The molecule has 0 heterocycles. The highest BCUT2D eigenvalue weighted by atomic mass is 16.6. The molecule has 1 aromatic rings. The van der Waals surface area contributed by atoms with Gasteiger partial charge in [-0.1, -0.05) is 36.2 Å². The van der Waals surface area contributed by atoms with Gasteiger partial charge in [-0.15, -0.1) is 0 Å². The van der Waals surface area contributed by atoms with Gasteiger partial charge in [-0.25, -0.2) is 0 Å². The zero-order valence-corrected chi connectivity index (χ0v) is 16.0. The van der Waals surface area contributed by atoms with Gasteiger partial charge < -0.3 is 4.84 Å². The SMILES string of the molecule is CCCC(=NOCC)C1C(=O)CC(c2c(C)cc(C)cc2C)CC1=O. The van der Waals surface area contributed by atoms with Crippen molar-refractivity contribution in [2.75, 3.05) is 6.61 Å². The normalized spacial score (nSPS) is 21.6. The highest BCUT2D eigenvalue weighted by Crippen LogP contribution is 2.36. The predicted octanol–water partition coefficient (Wildman–Crippen LogP) is 4.44. The number of hydrogen-bond acceptors (Lipinski definition) is 4. The van der Waals surface area contributed by atoms with E-state index in [4.69, 9.17) is 4.84 Å². The molecule has 0 amide bonds. The minimum Gasteiger partial charge on any atom is -0.396 e. The number of rotatable bonds is 6. The van der Waals surface area contributed by atoms with Crippen molar-refractivity contribution in [3.63, 3.8) is 0 Å². The van der Waals surface area contributed by atoms with Crippen LogP contribution in [-0.2, 0) is 14.4 Å². The van der Waals surface area contributed by atoms with Crippen LogP contribution in [0, 0.1) is 26.7 Å². The molecule has 1 aliphatic rings. The molecule has 1 aliphatic carbocycles. The van der Waals surface area contributed by atoms with Gasteiger partial charge in [0.2, 0.25) is 0 Å². The Bertz CT molecular complexity index is 649. The Morgan fingerprint density at radius 1 is 1.08 bits per heavy atom. The van der Waals surface area contributed by atoms with E-state index in [1.165, 1.54) is 16.7 Å². The lowest BCUT2D eigenvalue weighted by Crippen LogP contribution is -2.38. The van der Waals surface area contributed by atoms with Crippen molar-refractivity contribution < 1.29 is 14.4 Å². The van der Waals surface area contributed by atoms with Crippen LogP contribution in [0.25, 0.3) is 0 Å². The molecule has 4 nitrogen and oxygen atoms in total. The molecule has 1 aromatic carbocycles. The van der Waals surface area contributed by atoms with Gasteiger partial charge in [-0.2, -0.15) is 0 Å². The monoisotopic (exact) mass is 343 g/mol. The standard InChI is InChI=1S/C21H29NO3/c1-6-8-17(22-25-7-2)21-18(23)11-16(12-19(21)24)20-14(4)9-13(3)10-15(20)5/h9-10,16,21H,6-8,11-12H2,1-5H3. The number of benzene rings is 1. The third kappa shape index (κ3) is 4.36. The molecule has 2 rings (SSSR count). The summed E-state index contributed by atoms with van der Waals surface area (Å²) < 4.78 is 0. The Labute approximate surface area is 150 Å². The molecule has 0 unspecified atom stereocenters. The maximum absolute atomic E-state index is 12.8. The summed E-state index contributed by atoms with van der Waals surface area (Å²) in [6, 6.07) is 4.25. The van der Waals surface area contributed by atoms with E-state index in [0.29, 0.717) is 31.6 Å². The minimum atomic E-state index is -0.714. The number of hydrogen-bond donors (Lipinski definition) is 0. The van der Waals surface area contributed by atoms with Crippen molar-refractivity contribution in [3.05, 3.63) is 34.4 Å². The molecule has 0 saturated heterocycles. The third-order valence-electron chi connectivity index (χ3n) is 4.84. The molecule has 0 N–H and O–H groups in total. The quantitative estimate of drug-likeness (QED) is 0.436. The summed E-state index contributed by atoms with van der Waals surface area (Å²) in [5.74, 6) is -0.777. The third-order valence-corrected chi connectivity index (χ3v) is 4.84. The summed E-state index contributed by atoms with van der Waals surface area (Å²) in [4.78, 5) is 30.7. The van der Waals surface area contributed by atoms with Crippen molar-refractivity contribution in [2.45, 2.75) is 66.2 Å². The Morgan fingerprint density at radius 3 is 2.12 bits per heavy atom. The lowest BCUT2D eigenvalue weighted by Gasteiger charge is -2.29. The molecular weight excluding hydrogens is 314 g/mol. The Morgan fingerprint density at radius 2 is 1.64 bits per heavy atom. The number of carbonyl (C=O) groups excluding carboxylic acids is 2. The van der Waals surface area contributed by atoms with Crippen LogP contribution in [0.3, 0.4) is 0 Å². The van der Waals surface area contributed by atoms with Crippen LogP contribution in [0.1, 0.15) is 67.7 Å². The maximum Gasteiger partial charge on any atom is 0.149 e. The summed E-state index contributed by atoms with van der Waals surface area (Å²) in [7, 11) is 0. The maximum atomic E-state index is 12.8. The van der Waals surface area contributed by atoms with Gasteiger partial charge >= 0.3 is 0 Å². The van der Waals surface area contributed by atoms with Crippen LogP contribution in [0.2, 0.25) is 0 Å². The topological polar surface area (TPSA) is 55.7 Å². The molecule has 0 atom stereocenters. The molecule has 0 bridgehead atoms. The predicted molar refractivity (Wildman–Crippen MR) is 100 cm³/mol. The summed E-state index contributed by atoms with van der Waals surface area (Å²) >= 11 is 0. The van der Waals surface area contributed by atoms with Gasteiger partial charge in [-0.3, -0.25) is 9.59 Å². The summed E-state index contributed by atoms with van der Waals surface area (Å²) in [6.45, 7) is 10.5. The van der Waals surface area contributed by atoms with Gasteiger partial charge in [-0.05, 0) is 56.7 Å². The van der Waals surface area contributed by atoms with Crippen molar-refractivity contribution in [2.24, 2.45) is 11.1 Å². The Kier molecular flexibility index (Phi) is 6.51. The van der Waals surface area contributed by atoms with E-state index in [-0.39, 0.29) is 17.5 Å². The molecule has 0 aliphatic heterocycles. The smallest absolute Gasteiger partial charge is 0.149 e. The van der Waals surface area contributed by atoms with E-state index in [9.17, 15) is 9.59 Å². The lowest BCUT2D eigenvalue weighted by molar-refractivity contribution is -0.133. The lowest BCUT2D eigenvalue weighted by atomic mass is 9.72. The molecular formula is C21H29NO3. The average molecular weight is 343 g/mol. The number of oxime groups is 1. The van der Waals surface area contributed by atoms with Gasteiger partial charge in [0.05, 0.1) is 5.71 Å². The molecule has 0 aromatic heterocycles. The van der Waals surface area contributed by atoms with E-state index >= 15 is 0 Å². The molecule has 4 heteroatoms. The van der Waals surface area contributed by atoms with Gasteiger partial charge in [0, 0.05) is 12.8 Å². The summed E-state index contributed by atoms with van der Waals surface area (Å²) in [5.41, 5.74) is 5.29. The molecule has 136 valence electrons. The largest absolute Gasteiger partial charge is 0.396 e. The fraction of sp³-hybridized carbons (Fsp3) is 0.571. The van der Waals surface area contributed by atoms with Crippen molar-refractivity contribution in [3.8, 4) is 0 Å². The zero-order valence-electron chi connectivity index (χ0n) is 16.0. The zero-order chi connectivity index (χ0) is 18.6. The number of nitrogens with zero attached hydrogens (tertiary/aromatic N) is 1. The van der Waals surface area contributed by atoms with Crippen molar-refractivity contribution in [1.82, 2.24) is 0 Å². The Hall–Kier alpha value is -1.97. The van der Waals surface area contributed by atoms with Crippen LogP contribution in [0.5, 0.6) is 0 Å². The van der Waals surface area contributed by atoms with E-state index in [2.05, 4.69) is 38.1 Å². The second-order valence-electron chi connectivity index (χ2n) is 7.03. The first kappa shape index (κ1) is 19.4. The summed E-state index contributed by atoms with van der Waals surface area (Å²) in [5, 5.41) is 4.08. The second-order valence-corrected chi connectivity index (χ2v) is 7.03. The number of ketones is 2. The van der Waals surface area contributed by atoms with E-state index in [0.717, 1.165) is 12.0 Å². The average Bonchev–Trinajstić information content (AvgIpc) is 2.51. The fourth-order valence-electron chi connectivity index (χ4n) is 4.03. The van der Waals surface area contributed by atoms with Crippen molar-refractivity contribution >= 4 is 17.3 Å². The van der Waals surface area contributed by atoms with E-state index in [1.807, 2.05) is 13.8 Å². The second kappa shape index (κ2) is 8.41. The van der Waals surface area contributed by atoms with Gasteiger partial charge in [0.15, 0.2) is 0 Å². The van der Waals surface area contributed by atoms with E-state index < -0.39 is 5.92 Å². The molecule has 1 fully saturated rings. The first-order valence-electron chi connectivity index (χ1n) is 9.20. The number of aryl methyl sites for hydroxylation is 3. The Balaban J connectivity index is 2.28. The van der Waals surface area contributed by atoms with Gasteiger partial charge in [0.1, 0.15) is 24.1 Å². The summed E-state index contributed by atoms with van der Waals surface area (Å²) in [6.07, 6.45) is 2.25. The number of carbonyl (C=O) groups is 2. The van der Waals surface area contributed by atoms with Crippen LogP contribution in [-0.4, -0.2) is 23.9 Å². The molecule has 0 spiro atoms. The first-order chi connectivity index (χ1) is 11.9. The van der Waals surface area contributed by atoms with Crippen molar-refractivity contribution in [1.29, 1.82) is 0 Å². The molecule has 0 radical (unpaired) electrons.